The van der Waals surface area contributed by atoms with Crippen molar-refractivity contribution in [1.29, 1.82) is 0 Å². The molecule has 0 amide bonds. The molecule has 5 heteroatoms. The van der Waals surface area contributed by atoms with Gasteiger partial charge in [0.2, 0.25) is 0 Å². The van der Waals surface area contributed by atoms with Gasteiger partial charge in [0.25, 0.3) is 0 Å². The largest absolute Gasteiger partial charge is 0.361 e. The van der Waals surface area contributed by atoms with Gasteiger partial charge in [-0.1, -0.05) is 0 Å². The summed E-state index contributed by atoms with van der Waals surface area (Å²) in [6.45, 7) is 0. The smallest absolute Gasteiger partial charge is 0.116 e. The molecule has 0 spiro atoms. The van der Waals surface area contributed by atoms with Gasteiger partial charge in [-0.15, -0.1) is 24.8 Å². The molecule has 3 rings (SSSR count). The van der Waals surface area contributed by atoms with Gasteiger partial charge in [0.1, 0.15) is 6.33 Å². The van der Waals surface area contributed by atoms with E-state index in [0.717, 1.165) is 21.9 Å². The van der Waals surface area contributed by atoms with Crippen molar-refractivity contribution in [1.82, 2.24) is 15.0 Å². The van der Waals surface area contributed by atoms with E-state index in [1.807, 2.05) is 30.5 Å². The zero-order valence-electron chi connectivity index (χ0n) is 7.68. The van der Waals surface area contributed by atoms with Gasteiger partial charge in [-0.3, -0.25) is 0 Å². The molecular weight excluding hydrogens is 233 g/mol. The van der Waals surface area contributed by atoms with Crippen LogP contribution in [-0.4, -0.2) is 15.0 Å². The van der Waals surface area contributed by atoms with Crippen molar-refractivity contribution in [3.63, 3.8) is 0 Å². The molecule has 0 aliphatic rings. The van der Waals surface area contributed by atoms with Crippen molar-refractivity contribution in [2.45, 2.75) is 0 Å². The molecule has 0 aliphatic carbocycles. The summed E-state index contributed by atoms with van der Waals surface area (Å²) in [5.74, 6) is 0. The van der Waals surface area contributed by atoms with Gasteiger partial charge in [-0.2, -0.15) is 0 Å². The number of hydrogen-bond donors (Lipinski definition) is 1. The van der Waals surface area contributed by atoms with Gasteiger partial charge in [-0.05, 0) is 24.3 Å². The molecule has 78 valence electrons. The third-order valence-corrected chi connectivity index (χ3v) is 2.18. The Balaban J connectivity index is 0.000000562. The first-order valence-corrected chi connectivity index (χ1v) is 4.12. The first kappa shape index (κ1) is 11.8. The highest BCUT2D eigenvalue weighted by molar-refractivity contribution is 6.02. The number of halogens is 2. The van der Waals surface area contributed by atoms with Crippen molar-refractivity contribution < 1.29 is 0 Å². The normalized spacial score (nSPS) is 9.60. The fourth-order valence-corrected chi connectivity index (χ4v) is 1.56. The lowest BCUT2D eigenvalue weighted by Gasteiger charge is -1.96. The minimum absolute atomic E-state index is 0. The molecule has 1 N–H and O–H groups in total. The van der Waals surface area contributed by atoms with Crippen molar-refractivity contribution in [3.8, 4) is 0 Å². The molecule has 0 bridgehead atoms. The number of pyridine rings is 1. The molecule has 0 unspecified atom stereocenters. The monoisotopic (exact) mass is 241 g/mol. The molecular formula is C10H9Cl2N3. The number of imidazole rings is 1. The third kappa shape index (κ3) is 1.76. The number of rotatable bonds is 0. The van der Waals surface area contributed by atoms with Gasteiger partial charge >= 0.3 is 0 Å². The van der Waals surface area contributed by atoms with E-state index in [9.17, 15) is 0 Å². The molecule has 0 aliphatic heterocycles. The maximum Gasteiger partial charge on any atom is 0.116 e. The molecule has 15 heavy (non-hydrogen) atoms. The number of nitrogens with zero attached hydrogens (tertiary/aromatic N) is 2. The lowest BCUT2D eigenvalue weighted by atomic mass is 10.2. The topological polar surface area (TPSA) is 41.6 Å². The molecule has 3 aromatic rings. The van der Waals surface area contributed by atoms with Crippen LogP contribution in [0, 0.1) is 0 Å². The second-order valence-corrected chi connectivity index (χ2v) is 2.94. The first-order valence-electron chi connectivity index (χ1n) is 4.12. The first-order chi connectivity index (χ1) is 6.45. The van der Waals surface area contributed by atoms with Crippen molar-refractivity contribution in [3.05, 3.63) is 36.8 Å². The van der Waals surface area contributed by atoms with Crippen LogP contribution in [0.1, 0.15) is 0 Å². The van der Waals surface area contributed by atoms with Crippen LogP contribution in [0.25, 0.3) is 21.9 Å². The van der Waals surface area contributed by atoms with E-state index < -0.39 is 0 Å². The van der Waals surface area contributed by atoms with Crippen LogP contribution < -0.4 is 0 Å². The Labute approximate surface area is 98.7 Å². The van der Waals surface area contributed by atoms with E-state index >= 15 is 0 Å². The quantitative estimate of drug-likeness (QED) is 0.658. The summed E-state index contributed by atoms with van der Waals surface area (Å²) < 4.78 is 0. The number of aromatic amines is 1. The Morgan fingerprint density at radius 1 is 1.00 bits per heavy atom. The van der Waals surface area contributed by atoms with Crippen LogP contribution in [0.3, 0.4) is 0 Å². The maximum absolute atomic E-state index is 4.22. The second-order valence-electron chi connectivity index (χ2n) is 2.94. The van der Waals surface area contributed by atoms with Crippen molar-refractivity contribution >= 4 is 46.8 Å². The van der Waals surface area contributed by atoms with Crippen LogP contribution in [-0.2, 0) is 0 Å². The Morgan fingerprint density at radius 2 is 1.87 bits per heavy atom. The van der Waals surface area contributed by atoms with Crippen LogP contribution in [0.2, 0.25) is 0 Å². The SMILES string of the molecule is Cl.Cl.c1c[nH]c2ccc3ncnc3c2c1. The van der Waals surface area contributed by atoms with Crippen LogP contribution in [0.4, 0.5) is 0 Å². The molecule has 0 radical (unpaired) electrons. The number of aromatic nitrogens is 3. The summed E-state index contributed by atoms with van der Waals surface area (Å²) in [4.78, 5) is 11.5. The molecule has 3 nitrogen and oxygen atoms in total. The average molecular weight is 242 g/mol. The molecule has 2 aromatic heterocycles. The van der Waals surface area contributed by atoms with Crippen molar-refractivity contribution in [2.24, 2.45) is 0 Å². The highest BCUT2D eigenvalue weighted by Crippen LogP contribution is 2.19. The summed E-state index contributed by atoms with van der Waals surface area (Å²) in [6.07, 6.45) is 3.50. The molecule has 0 saturated carbocycles. The van der Waals surface area contributed by atoms with E-state index in [0.29, 0.717) is 0 Å². The van der Waals surface area contributed by atoms with E-state index in [1.54, 1.807) is 6.33 Å². The Kier molecular flexibility index (Phi) is 3.50. The predicted molar refractivity (Wildman–Crippen MR) is 65.9 cm³/mol. The van der Waals surface area contributed by atoms with Crippen molar-refractivity contribution in [2.75, 3.05) is 0 Å². The summed E-state index contributed by atoms with van der Waals surface area (Å²) in [6, 6.07) is 8.01. The number of nitrogens with one attached hydrogen (secondary N) is 1. The van der Waals surface area contributed by atoms with E-state index in [2.05, 4.69) is 15.0 Å². The lowest BCUT2D eigenvalue weighted by molar-refractivity contribution is 1.35. The van der Waals surface area contributed by atoms with Gasteiger partial charge in [0, 0.05) is 17.1 Å². The summed E-state index contributed by atoms with van der Waals surface area (Å²) >= 11 is 0. The zero-order valence-corrected chi connectivity index (χ0v) is 9.31. The number of fused-ring (bicyclic) bond motifs is 3. The van der Waals surface area contributed by atoms with Gasteiger partial charge in [0.05, 0.1) is 11.0 Å². The van der Waals surface area contributed by atoms with Gasteiger partial charge in [-0.25, -0.2) is 9.97 Å². The fraction of sp³-hybridized carbons (Fsp3) is 0. The standard InChI is InChI=1S/C10H7N3.2ClH/c1-2-7-8(11-5-1)3-4-9-10(7)13-6-12-9;;/h1-6,11H;2*1H. The average Bonchev–Trinajstić information content (AvgIpc) is 2.65. The Hall–Kier alpha value is -1.32. The number of hydrogen-bond acceptors (Lipinski definition) is 2. The molecule has 2 heterocycles. The summed E-state index contributed by atoms with van der Waals surface area (Å²) in [5.41, 5.74) is 3.01. The maximum atomic E-state index is 4.22. The Bertz CT molecular complexity index is 577. The summed E-state index contributed by atoms with van der Waals surface area (Å²) in [5, 5.41) is 1.12. The summed E-state index contributed by atoms with van der Waals surface area (Å²) in [7, 11) is 0. The van der Waals surface area contributed by atoms with E-state index in [-0.39, 0.29) is 24.8 Å². The van der Waals surface area contributed by atoms with E-state index in [4.69, 9.17) is 0 Å². The minimum Gasteiger partial charge on any atom is -0.361 e. The third-order valence-electron chi connectivity index (χ3n) is 2.18. The van der Waals surface area contributed by atoms with Gasteiger partial charge < -0.3 is 4.98 Å². The van der Waals surface area contributed by atoms with Crippen LogP contribution in [0.15, 0.2) is 36.8 Å². The van der Waals surface area contributed by atoms with Crippen LogP contribution >= 0.6 is 24.8 Å². The highest BCUT2D eigenvalue weighted by atomic mass is 35.5. The molecule has 0 saturated heterocycles. The number of benzene rings is 1. The highest BCUT2D eigenvalue weighted by Gasteiger charge is 2.01. The molecule has 0 atom stereocenters. The fourth-order valence-electron chi connectivity index (χ4n) is 1.56. The van der Waals surface area contributed by atoms with Gasteiger partial charge in [0.15, 0.2) is 0 Å². The Morgan fingerprint density at radius 3 is 2.73 bits per heavy atom. The molecule has 1 aromatic carbocycles. The minimum atomic E-state index is 0. The lowest BCUT2D eigenvalue weighted by Crippen LogP contribution is -1.78. The molecule has 0 fully saturated rings. The van der Waals surface area contributed by atoms with E-state index in [1.165, 1.54) is 0 Å². The predicted octanol–water partition coefficient (Wildman–Crippen LogP) is 2.95. The van der Waals surface area contributed by atoms with Crippen LogP contribution in [0.5, 0.6) is 0 Å². The second kappa shape index (κ2) is 4.47. The number of H-pyrrole nitrogens is 1. The zero-order chi connectivity index (χ0) is 8.67.